The van der Waals surface area contributed by atoms with Gasteiger partial charge in [0, 0.05) is 12.1 Å². The van der Waals surface area contributed by atoms with Crippen molar-refractivity contribution in [1.82, 2.24) is 4.90 Å². The van der Waals surface area contributed by atoms with Crippen molar-refractivity contribution >= 4 is 11.7 Å². The fourth-order valence-electron chi connectivity index (χ4n) is 1.56. The van der Waals surface area contributed by atoms with Crippen LogP contribution in [-0.4, -0.2) is 29.2 Å². The summed E-state index contributed by atoms with van der Waals surface area (Å²) in [5.74, 6) is -0.0316. The van der Waals surface area contributed by atoms with E-state index in [0.29, 0.717) is 5.57 Å². The molecule has 72 valence electrons. The van der Waals surface area contributed by atoms with E-state index in [-0.39, 0.29) is 17.7 Å². The summed E-state index contributed by atoms with van der Waals surface area (Å²) in [7, 11) is 0. The molecule has 1 unspecified atom stereocenters. The number of rotatable bonds is 3. The highest BCUT2D eigenvalue weighted by Crippen LogP contribution is 2.25. The third-order valence-electron chi connectivity index (χ3n) is 2.25. The lowest BCUT2D eigenvalue weighted by Gasteiger charge is -2.40. The average Bonchev–Trinajstić information content (AvgIpc) is 2.09. The zero-order valence-corrected chi connectivity index (χ0v) is 8.33. The van der Waals surface area contributed by atoms with Crippen LogP contribution < -0.4 is 0 Å². The van der Waals surface area contributed by atoms with E-state index in [4.69, 9.17) is 0 Å². The quantitative estimate of drug-likeness (QED) is 0.483. The van der Waals surface area contributed by atoms with Crippen molar-refractivity contribution in [3.05, 3.63) is 11.6 Å². The van der Waals surface area contributed by atoms with Crippen LogP contribution in [0.4, 0.5) is 0 Å². The SMILES string of the molecule is CCCN1C(=O)/C(=C\C(C)=O)C1C. The van der Waals surface area contributed by atoms with Gasteiger partial charge < -0.3 is 4.90 Å². The highest BCUT2D eigenvalue weighted by Gasteiger charge is 2.37. The van der Waals surface area contributed by atoms with E-state index in [0.717, 1.165) is 13.0 Å². The van der Waals surface area contributed by atoms with E-state index in [1.807, 2.05) is 13.8 Å². The largest absolute Gasteiger partial charge is 0.332 e. The Morgan fingerprint density at radius 3 is 2.62 bits per heavy atom. The minimum absolute atomic E-state index is 0.0181. The monoisotopic (exact) mass is 181 g/mol. The molecule has 0 aromatic heterocycles. The molecule has 3 nitrogen and oxygen atoms in total. The van der Waals surface area contributed by atoms with Gasteiger partial charge in [-0.05, 0) is 26.3 Å². The van der Waals surface area contributed by atoms with Crippen LogP contribution in [-0.2, 0) is 9.59 Å². The molecule has 0 bridgehead atoms. The second-order valence-electron chi connectivity index (χ2n) is 3.38. The van der Waals surface area contributed by atoms with Gasteiger partial charge in [-0.2, -0.15) is 0 Å². The Kier molecular flexibility index (Phi) is 2.86. The maximum atomic E-state index is 11.4. The first-order valence-corrected chi connectivity index (χ1v) is 4.61. The highest BCUT2D eigenvalue weighted by molar-refractivity contribution is 6.06. The molecule has 1 aliphatic rings. The zero-order valence-electron chi connectivity index (χ0n) is 8.33. The maximum Gasteiger partial charge on any atom is 0.252 e. The molecule has 1 aliphatic heterocycles. The van der Waals surface area contributed by atoms with Crippen LogP contribution in [0, 0.1) is 0 Å². The molecule has 1 fully saturated rings. The third kappa shape index (κ3) is 1.79. The van der Waals surface area contributed by atoms with Crippen molar-refractivity contribution in [3.63, 3.8) is 0 Å². The number of allylic oxidation sites excluding steroid dienone is 1. The van der Waals surface area contributed by atoms with Crippen molar-refractivity contribution in [1.29, 1.82) is 0 Å². The van der Waals surface area contributed by atoms with Gasteiger partial charge in [0.15, 0.2) is 5.78 Å². The fraction of sp³-hybridized carbons (Fsp3) is 0.600. The van der Waals surface area contributed by atoms with Gasteiger partial charge in [-0.1, -0.05) is 6.92 Å². The van der Waals surface area contributed by atoms with E-state index >= 15 is 0 Å². The molecule has 0 radical (unpaired) electrons. The van der Waals surface area contributed by atoms with Gasteiger partial charge in [-0.15, -0.1) is 0 Å². The fourth-order valence-corrected chi connectivity index (χ4v) is 1.56. The smallest absolute Gasteiger partial charge is 0.252 e. The summed E-state index contributed by atoms with van der Waals surface area (Å²) >= 11 is 0. The summed E-state index contributed by atoms with van der Waals surface area (Å²) in [6.07, 6.45) is 2.41. The number of hydrogen-bond acceptors (Lipinski definition) is 2. The Hall–Kier alpha value is -1.12. The predicted molar refractivity (Wildman–Crippen MR) is 50.2 cm³/mol. The molecule has 1 rings (SSSR count). The van der Waals surface area contributed by atoms with Crippen LogP contribution in [0.15, 0.2) is 11.6 Å². The summed E-state index contributed by atoms with van der Waals surface area (Å²) in [5, 5.41) is 0. The Morgan fingerprint density at radius 2 is 2.23 bits per heavy atom. The van der Waals surface area contributed by atoms with Crippen molar-refractivity contribution < 1.29 is 9.59 Å². The highest BCUT2D eigenvalue weighted by atomic mass is 16.2. The van der Waals surface area contributed by atoms with Gasteiger partial charge in [-0.25, -0.2) is 0 Å². The van der Waals surface area contributed by atoms with Crippen molar-refractivity contribution in [2.45, 2.75) is 33.2 Å². The van der Waals surface area contributed by atoms with Crippen LogP contribution >= 0.6 is 0 Å². The Bertz CT molecular complexity index is 268. The van der Waals surface area contributed by atoms with E-state index in [1.165, 1.54) is 13.0 Å². The second-order valence-corrected chi connectivity index (χ2v) is 3.38. The lowest BCUT2D eigenvalue weighted by atomic mass is 9.94. The average molecular weight is 181 g/mol. The van der Waals surface area contributed by atoms with Crippen LogP contribution in [0.2, 0.25) is 0 Å². The second kappa shape index (κ2) is 3.73. The first-order valence-electron chi connectivity index (χ1n) is 4.61. The number of β-lactam (4-membered cyclic amide) rings is 1. The Morgan fingerprint density at radius 1 is 1.62 bits per heavy atom. The molecule has 1 saturated heterocycles. The number of carbonyl (C=O) groups is 2. The number of likely N-dealkylation sites (tertiary alicyclic amines) is 1. The molecule has 0 aliphatic carbocycles. The summed E-state index contributed by atoms with van der Waals surface area (Å²) in [6.45, 7) is 6.24. The van der Waals surface area contributed by atoms with Crippen molar-refractivity contribution in [3.8, 4) is 0 Å². The Balaban J connectivity index is 2.66. The molecule has 3 heteroatoms. The number of ketones is 1. The minimum Gasteiger partial charge on any atom is -0.332 e. The van der Waals surface area contributed by atoms with Gasteiger partial charge in [0.2, 0.25) is 0 Å². The lowest BCUT2D eigenvalue weighted by Crippen LogP contribution is -2.53. The van der Waals surface area contributed by atoms with E-state index in [9.17, 15) is 9.59 Å². The summed E-state index contributed by atoms with van der Waals surface area (Å²) < 4.78 is 0. The standard InChI is InChI=1S/C10H15NO2/c1-4-5-11-8(3)9(10(11)13)6-7(2)12/h6,8H,4-5H2,1-3H3/b9-6-. The van der Waals surface area contributed by atoms with Gasteiger partial charge >= 0.3 is 0 Å². The van der Waals surface area contributed by atoms with Crippen LogP contribution in [0.1, 0.15) is 27.2 Å². The molecule has 0 aromatic carbocycles. The van der Waals surface area contributed by atoms with Gasteiger partial charge in [0.25, 0.3) is 5.91 Å². The molecule has 1 amide bonds. The molecular formula is C10H15NO2. The van der Waals surface area contributed by atoms with Gasteiger partial charge in [0.05, 0.1) is 6.04 Å². The molecule has 0 aromatic rings. The molecule has 1 heterocycles. The van der Waals surface area contributed by atoms with E-state index in [1.54, 1.807) is 4.90 Å². The minimum atomic E-state index is -0.0497. The lowest BCUT2D eigenvalue weighted by molar-refractivity contribution is -0.136. The number of nitrogens with zero attached hydrogens (tertiary/aromatic N) is 1. The number of carbonyl (C=O) groups excluding carboxylic acids is 2. The van der Waals surface area contributed by atoms with Gasteiger partial charge in [0.1, 0.15) is 0 Å². The predicted octanol–water partition coefficient (Wildman–Crippen LogP) is 1.14. The van der Waals surface area contributed by atoms with Crippen molar-refractivity contribution in [2.24, 2.45) is 0 Å². The van der Waals surface area contributed by atoms with Crippen molar-refractivity contribution in [2.75, 3.05) is 6.54 Å². The zero-order chi connectivity index (χ0) is 10.0. The summed E-state index contributed by atoms with van der Waals surface area (Å²) in [6, 6.07) is 0.122. The summed E-state index contributed by atoms with van der Waals surface area (Å²) in [4.78, 5) is 23.9. The summed E-state index contributed by atoms with van der Waals surface area (Å²) in [5.41, 5.74) is 0.654. The molecule has 1 atom stereocenters. The number of hydrogen-bond donors (Lipinski definition) is 0. The molecule has 13 heavy (non-hydrogen) atoms. The first kappa shape index (κ1) is 9.96. The van der Waals surface area contributed by atoms with Crippen LogP contribution in [0.3, 0.4) is 0 Å². The molecule has 0 N–H and O–H groups in total. The maximum absolute atomic E-state index is 11.4. The van der Waals surface area contributed by atoms with Crippen LogP contribution in [0.25, 0.3) is 0 Å². The van der Waals surface area contributed by atoms with E-state index in [2.05, 4.69) is 0 Å². The number of amides is 1. The molecule has 0 spiro atoms. The molecule has 0 saturated carbocycles. The van der Waals surface area contributed by atoms with E-state index < -0.39 is 0 Å². The Labute approximate surface area is 78.4 Å². The van der Waals surface area contributed by atoms with Gasteiger partial charge in [-0.3, -0.25) is 9.59 Å². The topological polar surface area (TPSA) is 37.4 Å². The normalized spacial score (nSPS) is 24.8. The van der Waals surface area contributed by atoms with Crippen LogP contribution in [0.5, 0.6) is 0 Å². The third-order valence-corrected chi connectivity index (χ3v) is 2.25. The molecular weight excluding hydrogens is 166 g/mol. The first-order chi connectivity index (χ1) is 6.07.